The summed E-state index contributed by atoms with van der Waals surface area (Å²) < 4.78 is 28.1. The number of sulfonamides is 1. The van der Waals surface area contributed by atoms with Gasteiger partial charge in [0.15, 0.2) is 0 Å². The highest BCUT2D eigenvalue weighted by atomic mass is 79.9. The zero-order valence-electron chi connectivity index (χ0n) is 10.4. The Morgan fingerprint density at radius 1 is 1.28 bits per heavy atom. The van der Waals surface area contributed by atoms with E-state index in [1.807, 2.05) is 25.1 Å². The van der Waals surface area contributed by atoms with E-state index in [4.69, 9.17) is 9.88 Å². The van der Waals surface area contributed by atoms with E-state index in [-0.39, 0.29) is 5.75 Å². The number of halogens is 1. The van der Waals surface area contributed by atoms with Gasteiger partial charge in [-0.25, -0.2) is 13.6 Å². The molecule has 0 fully saturated rings. The van der Waals surface area contributed by atoms with Gasteiger partial charge in [-0.2, -0.15) is 0 Å². The molecule has 0 unspecified atom stereocenters. The van der Waals surface area contributed by atoms with Crippen molar-refractivity contribution in [2.24, 2.45) is 5.14 Å². The summed E-state index contributed by atoms with van der Waals surface area (Å²) in [5.74, 6) is 0.911. The van der Waals surface area contributed by atoms with Gasteiger partial charge in [0, 0.05) is 4.47 Å². The number of nitrogens with two attached hydrogens (primary N) is 1. The Balaban J connectivity index is 2.22. The lowest BCUT2D eigenvalue weighted by molar-refractivity contribution is 0.304. The molecule has 102 valence electrons. The highest BCUT2D eigenvalue weighted by Crippen LogP contribution is 2.22. The molecule has 0 spiro atoms. The number of hydrogen-bond acceptors (Lipinski definition) is 3. The SMILES string of the molecule is Cc1cc(Br)ccc1OCCCCCS(N)(=O)=O. The standard InChI is InChI=1S/C12H18BrNO3S/c1-10-9-11(13)5-6-12(10)17-7-3-2-4-8-18(14,15)16/h5-6,9H,2-4,7-8H2,1H3,(H2,14,15,16). The van der Waals surface area contributed by atoms with Crippen molar-refractivity contribution in [2.45, 2.75) is 26.2 Å². The summed E-state index contributed by atoms with van der Waals surface area (Å²) in [7, 11) is -3.32. The molecule has 4 nitrogen and oxygen atoms in total. The van der Waals surface area contributed by atoms with Gasteiger partial charge in [0.05, 0.1) is 12.4 Å². The van der Waals surface area contributed by atoms with E-state index in [0.717, 1.165) is 28.6 Å². The van der Waals surface area contributed by atoms with Crippen LogP contribution in [0.5, 0.6) is 5.75 Å². The second-order valence-corrected chi connectivity index (χ2v) is 6.84. The van der Waals surface area contributed by atoms with Gasteiger partial charge >= 0.3 is 0 Å². The Labute approximate surface area is 117 Å². The van der Waals surface area contributed by atoms with E-state index in [2.05, 4.69) is 15.9 Å². The van der Waals surface area contributed by atoms with Crippen LogP contribution in [-0.4, -0.2) is 20.8 Å². The van der Waals surface area contributed by atoms with E-state index >= 15 is 0 Å². The Hall–Kier alpha value is -0.590. The van der Waals surface area contributed by atoms with Crippen LogP contribution in [0.15, 0.2) is 22.7 Å². The second-order valence-electron chi connectivity index (χ2n) is 4.19. The number of benzene rings is 1. The number of hydrogen-bond donors (Lipinski definition) is 1. The average Bonchev–Trinajstić information content (AvgIpc) is 2.24. The van der Waals surface area contributed by atoms with Crippen LogP contribution in [0.1, 0.15) is 24.8 Å². The van der Waals surface area contributed by atoms with Crippen molar-refractivity contribution >= 4 is 26.0 Å². The Kier molecular flexibility index (Phi) is 6.11. The third-order valence-corrected chi connectivity index (χ3v) is 3.82. The zero-order valence-corrected chi connectivity index (χ0v) is 12.8. The first-order valence-electron chi connectivity index (χ1n) is 5.78. The molecular weight excluding hydrogens is 318 g/mol. The van der Waals surface area contributed by atoms with Crippen LogP contribution >= 0.6 is 15.9 Å². The summed E-state index contributed by atoms with van der Waals surface area (Å²) in [6.07, 6.45) is 2.21. The largest absolute Gasteiger partial charge is 0.493 e. The van der Waals surface area contributed by atoms with Crippen LogP contribution in [-0.2, 0) is 10.0 Å². The molecule has 0 aromatic heterocycles. The van der Waals surface area contributed by atoms with E-state index in [1.165, 1.54) is 0 Å². The molecule has 6 heteroatoms. The molecule has 0 aliphatic heterocycles. The minimum Gasteiger partial charge on any atom is -0.493 e. The molecule has 0 heterocycles. The molecule has 1 aromatic carbocycles. The number of ether oxygens (including phenoxy) is 1. The van der Waals surface area contributed by atoms with Crippen LogP contribution < -0.4 is 9.88 Å². The van der Waals surface area contributed by atoms with Crippen molar-refractivity contribution < 1.29 is 13.2 Å². The molecule has 0 saturated carbocycles. The highest BCUT2D eigenvalue weighted by Gasteiger charge is 2.02. The summed E-state index contributed by atoms with van der Waals surface area (Å²) in [5, 5.41) is 4.91. The monoisotopic (exact) mass is 335 g/mol. The first-order chi connectivity index (χ1) is 8.38. The minimum atomic E-state index is -3.32. The van der Waals surface area contributed by atoms with Crippen LogP contribution in [0.3, 0.4) is 0 Å². The van der Waals surface area contributed by atoms with Crippen LogP contribution in [0.2, 0.25) is 0 Å². The first-order valence-corrected chi connectivity index (χ1v) is 8.29. The molecule has 1 aromatic rings. The molecule has 2 N–H and O–H groups in total. The molecule has 1 rings (SSSR count). The third-order valence-electron chi connectivity index (χ3n) is 2.47. The summed E-state index contributed by atoms with van der Waals surface area (Å²) >= 11 is 3.39. The van der Waals surface area contributed by atoms with Gasteiger partial charge in [-0.1, -0.05) is 15.9 Å². The van der Waals surface area contributed by atoms with Crippen molar-refractivity contribution in [2.75, 3.05) is 12.4 Å². The van der Waals surface area contributed by atoms with Crippen molar-refractivity contribution in [1.29, 1.82) is 0 Å². The molecule has 0 aliphatic rings. The lowest BCUT2D eigenvalue weighted by atomic mass is 10.2. The van der Waals surface area contributed by atoms with E-state index in [1.54, 1.807) is 0 Å². The molecule has 0 radical (unpaired) electrons. The summed E-state index contributed by atoms with van der Waals surface area (Å²) in [6, 6.07) is 5.85. The number of unbranched alkanes of at least 4 members (excludes halogenated alkanes) is 2. The maximum atomic E-state index is 10.7. The second kappa shape index (κ2) is 7.11. The summed E-state index contributed by atoms with van der Waals surface area (Å²) in [5.41, 5.74) is 1.08. The van der Waals surface area contributed by atoms with E-state index < -0.39 is 10.0 Å². The van der Waals surface area contributed by atoms with Gasteiger partial charge in [0.1, 0.15) is 5.75 Å². The number of rotatable bonds is 7. The normalized spacial score (nSPS) is 11.5. The zero-order chi connectivity index (χ0) is 13.6. The summed E-state index contributed by atoms with van der Waals surface area (Å²) in [6.45, 7) is 2.58. The van der Waals surface area contributed by atoms with Crippen LogP contribution in [0.25, 0.3) is 0 Å². The summed E-state index contributed by atoms with van der Waals surface area (Å²) in [4.78, 5) is 0. The molecule has 0 amide bonds. The van der Waals surface area contributed by atoms with Crippen molar-refractivity contribution in [3.8, 4) is 5.75 Å². The maximum Gasteiger partial charge on any atom is 0.209 e. The molecule has 0 saturated heterocycles. The maximum absolute atomic E-state index is 10.7. The quantitative estimate of drug-likeness (QED) is 0.778. The van der Waals surface area contributed by atoms with Gasteiger partial charge in [-0.05, 0) is 49.9 Å². The van der Waals surface area contributed by atoms with Crippen LogP contribution in [0, 0.1) is 6.92 Å². The predicted octanol–water partition coefficient (Wildman–Crippen LogP) is 2.60. The number of aryl methyl sites for hydroxylation is 1. The first kappa shape index (κ1) is 15.5. The fourth-order valence-corrected chi connectivity index (χ4v) is 2.62. The smallest absolute Gasteiger partial charge is 0.209 e. The lowest BCUT2D eigenvalue weighted by Gasteiger charge is -2.09. The number of primary sulfonamides is 1. The van der Waals surface area contributed by atoms with Crippen molar-refractivity contribution in [3.05, 3.63) is 28.2 Å². The van der Waals surface area contributed by atoms with E-state index in [0.29, 0.717) is 13.0 Å². The van der Waals surface area contributed by atoms with Gasteiger partial charge in [0.2, 0.25) is 10.0 Å². The Morgan fingerprint density at radius 3 is 2.61 bits per heavy atom. The minimum absolute atomic E-state index is 0.0459. The molecule has 0 aliphatic carbocycles. The van der Waals surface area contributed by atoms with Gasteiger partial charge in [-0.3, -0.25) is 0 Å². The van der Waals surface area contributed by atoms with Crippen LogP contribution in [0.4, 0.5) is 0 Å². The Morgan fingerprint density at radius 2 is 2.00 bits per heavy atom. The van der Waals surface area contributed by atoms with Crippen molar-refractivity contribution in [1.82, 2.24) is 0 Å². The highest BCUT2D eigenvalue weighted by molar-refractivity contribution is 9.10. The fourth-order valence-electron chi connectivity index (χ4n) is 1.54. The van der Waals surface area contributed by atoms with Gasteiger partial charge in [0.25, 0.3) is 0 Å². The topological polar surface area (TPSA) is 69.4 Å². The molecule has 0 bridgehead atoms. The fraction of sp³-hybridized carbons (Fsp3) is 0.500. The average molecular weight is 336 g/mol. The molecular formula is C12H18BrNO3S. The third kappa shape index (κ3) is 6.37. The van der Waals surface area contributed by atoms with Gasteiger partial charge in [-0.15, -0.1) is 0 Å². The predicted molar refractivity (Wildman–Crippen MR) is 76.2 cm³/mol. The molecule has 0 atom stereocenters. The van der Waals surface area contributed by atoms with Gasteiger partial charge < -0.3 is 4.74 Å². The van der Waals surface area contributed by atoms with Crippen molar-refractivity contribution in [3.63, 3.8) is 0 Å². The lowest BCUT2D eigenvalue weighted by Crippen LogP contribution is -2.16. The van der Waals surface area contributed by atoms with E-state index in [9.17, 15) is 8.42 Å². The molecule has 18 heavy (non-hydrogen) atoms. The Bertz CT molecular complexity index is 488.